The molecule has 0 radical (unpaired) electrons. The number of fused-ring (bicyclic) bond motifs is 1. The van der Waals surface area contributed by atoms with Crippen molar-refractivity contribution < 1.29 is 13.6 Å². The van der Waals surface area contributed by atoms with Crippen LogP contribution in [-0.4, -0.2) is 27.6 Å². The third-order valence-electron chi connectivity index (χ3n) is 3.77. The summed E-state index contributed by atoms with van der Waals surface area (Å²) >= 11 is 0. The first kappa shape index (κ1) is 16.0. The lowest BCUT2D eigenvalue weighted by Crippen LogP contribution is -2.26. The maximum Gasteiger partial charge on any atom is 0.297 e. The van der Waals surface area contributed by atoms with Crippen molar-refractivity contribution in [3.63, 3.8) is 0 Å². The molecule has 2 heterocycles. The summed E-state index contributed by atoms with van der Waals surface area (Å²) in [4.78, 5) is 14.2. The largest absolute Gasteiger partial charge is 0.311 e. The third-order valence-corrected chi connectivity index (χ3v) is 3.77. The van der Waals surface area contributed by atoms with E-state index in [1.165, 1.54) is 17.2 Å². The summed E-state index contributed by atoms with van der Waals surface area (Å²) in [5.41, 5.74) is 3.38. The topological polar surface area (TPSA) is 50.5 Å². The van der Waals surface area contributed by atoms with Crippen molar-refractivity contribution in [3.8, 4) is 0 Å². The molecule has 7 heteroatoms. The maximum absolute atomic E-state index is 13.0. The molecule has 0 saturated carbocycles. The molecule has 3 aromatic rings. The summed E-state index contributed by atoms with van der Waals surface area (Å²) in [7, 11) is 1.65. The molecular weight excluding hydrogens is 314 g/mol. The van der Waals surface area contributed by atoms with E-state index in [0.29, 0.717) is 0 Å². The van der Waals surface area contributed by atoms with E-state index in [9.17, 15) is 13.6 Å². The van der Waals surface area contributed by atoms with Crippen LogP contribution in [0.4, 0.5) is 14.5 Å². The van der Waals surface area contributed by atoms with E-state index in [4.69, 9.17) is 0 Å². The molecule has 0 saturated heterocycles. The zero-order valence-electron chi connectivity index (χ0n) is 13.5. The lowest BCUT2D eigenvalue weighted by Gasteiger charge is -2.19. The van der Waals surface area contributed by atoms with E-state index in [2.05, 4.69) is 10.2 Å². The molecule has 0 atom stereocenters. The van der Waals surface area contributed by atoms with Crippen molar-refractivity contribution in [1.82, 2.24) is 14.6 Å². The Morgan fingerprint density at radius 2 is 1.79 bits per heavy atom. The van der Waals surface area contributed by atoms with Gasteiger partial charge >= 0.3 is 0 Å². The minimum Gasteiger partial charge on any atom is -0.311 e. The summed E-state index contributed by atoms with van der Waals surface area (Å²) in [6, 6.07) is 8.86. The van der Waals surface area contributed by atoms with Crippen molar-refractivity contribution in [2.75, 3.05) is 11.9 Å². The Bertz CT molecular complexity index is 900. The molecule has 0 N–H and O–H groups in total. The fourth-order valence-corrected chi connectivity index (χ4v) is 2.64. The molecule has 1 amide bonds. The minimum atomic E-state index is -2.76. The van der Waals surface area contributed by atoms with Gasteiger partial charge in [0, 0.05) is 18.9 Å². The van der Waals surface area contributed by atoms with Gasteiger partial charge in [-0.3, -0.25) is 9.20 Å². The van der Waals surface area contributed by atoms with Crippen LogP contribution < -0.4 is 4.90 Å². The normalized spacial score (nSPS) is 11.2. The maximum atomic E-state index is 13.0. The number of aromatic nitrogens is 3. The highest BCUT2D eigenvalue weighted by molar-refractivity contribution is 6.05. The zero-order chi connectivity index (χ0) is 17.4. The number of carbonyl (C=O) groups excluding carboxylic acids is 1. The average Bonchev–Trinajstić information content (AvgIpc) is 2.95. The molecule has 0 fully saturated rings. The van der Waals surface area contributed by atoms with Crippen LogP contribution in [0.5, 0.6) is 0 Å². The Hall–Kier alpha value is -2.83. The van der Waals surface area contributed by atoms with E-state index < -0.39 is 12.2 Å². The van der Waals surface area contributed by atoms with Crippen LogP contribution in [0.1, 0.15) is 33.7 Å². The van der Waals surface area contributed by atoms with Crippen LogP contribution in [0.25, 0.3) is 5.65 Å². The van der Waals surface area contributed by atoms with Crippen LogP contribution >= 0.6 is 0 Å². The number of rotatable bonds is 3. The second-order valence-corrected chi connectivity index (χ2v) is 5.71. The number of carbonyl (C=O) groups is 1. The van der Waals surface area contributed by atoms with Gasteiger partial charge in [0.25, 0.3) is 12.3 Å². The molecule has 0 bridgehead atoms. The van der Waals surface area contributed by atoms with Gasteiger partial charge in [-0.2, -0.15) is 0 Å². The molecule has 124 valence electrons. The van der Waals surface area contributed by atoms with Crippen LogP contribution in [0, 0.1) is 13.8 Å². The first-order chi connectivity index (χ1) is 11.4. The molecule has 5 nitrogen and oxygen atoms in total. The lowest BCUT2D eigenvalue weighted by molar-refractivity contribution is 0.0992. The summed E-state index contributed by atoms with van der Waals surface area (Å²) in [5.74, 6) is -0.774. The fraction of sp³-hybridized carbons (Fsp3) is 0.235. The van der Waals surface area contributed by atoms with Crippen molar-refractivity contribution in [1.29, 1.82) is 0 Å². The van der Waals surface area contributed by atoms with Crippen LogP contribution in [0.3, 0.4) is 0 Å². The minimum absolute atomic E-state index is 0.274. The van der Waals surface area contributed by atoms with E-state index in [0.717, 1.165) is 21.2 Å². The number of pyridine rings is 1. The van der Waals surface area contributed by atoms with E-state index in [1.807, 2.05) is 32.0 Å². The monoisotopic (exact) mass is 330 g/mol. The highest BCUT2D eigenvalue weighted by atomic mass is 19.3. The van der Waals surface area contributed by atoms with Crippen LogP contribution in [0.15, 0.2) is 36.5 Å². The van der Waals surface area contributed by atoms with E-state index in [1.54, 1.807) is 13.1 Å². The van der Waals surface area contributed by atoms with Gasteiger partial charge in [-0.1, -0.05) is 6.07 Å². The van der Waals surface area contributed by atoms with Crippen molar-refractivity contribution in [2.24, 2.45) is 0 Å². The molecular formula is C17H16F2N4O. The Kier molecular flexibility index (Phi) is 4.01. The first-order valence-electron chi connectivity index (χ1n) is 7.36. The number of nitrogens with zero attached hydrogens (tertiary/aromatic N) is 4. The standard InChI is InChI=1S/C17H16F2N4O/c1-10-6-11(2)8-13(7-10)22(3)17(24)12-4-5-14-20-21-16(15(18)19)23(14)9-12/h4-9,15H,1-3H3. The van der Waals surface area contributed by atoms with Gasteiger partial charge < -0.3 is 4.90 Å². The fourth-order valence-electron chi connectivity index (χ4n) is 2.64. The predicted octanol–water partition coefficient (Wildman–Crippen LogP) is 3.56. The van der Waals surface area contributed by atoms with Gasteiger partial charge in [-0.15, -0.1) is 10.2 Å². The highest BCUT2D eigenvalue weighted by Gasteiger charge is 2.19. The second kappa shape index (κ2) is 5.99. The Labute approximate surface area is 137 Å². The number of hydrogen-bond acceptors (Lipinski definition) is 3. The summed E-state index contributed by atoms with van der Waals surface area (Å²) < 4.78 is 27.1. The van der Waals surface area contributed by atoms with Gasteiger partial charge in [0.05, 0.1) is 5.56 Å². The van der Waals surface area contributed by atoms with Gasteiger partial charge in [-0.05, 0) is 49.2 Å². The smallest absolute Gasteiger partial charge is 0.297 e. The molecule has 0 unspecified atom stereocenters. The Balaban J connectivity index is 1.99. The van der Waals surface area contributed by atoms with E-state index in [-0.39, 0.29) is 17.1 Å². The number of anilines is 1. The SMILES string of the molecule is Cc1cc(C)cc(N(C)C(=O)c2ccc3nnc(C(F)F)n3c2)c1. The molecule has 3 rings (SSSR count). The Morgan fingerprint density at radius 1 is 1.12 bits per heavy atom. The molecule has 24 heavy (non-hydrogen) atoms. The highest BCUT2D eigenvalue weighted by Crippen LogP contribution is 2.21. The van der Waals surface area contributed by atoms with Crippen LogP contribution in [0.2, 0.25) is 0 Å². The summed E-state index contributed by atoms with van der Waals surface area (Å²) in [6.45, 7) is 3.90. The molecule has 1 aromatic carbocycles. The van der Waals surface area contributed by atoms with Gasteiger partial charge in [0.1, 0.15) is 0 Å². The second-order valence-electron chi connectivity index (χ2n) is 5.71. The van der Waals surface area contributed by atoms with Crippen molar-refractivity contribution >= 4 is 17.2 Å². The number of hydrogen-bond donors (Lipinski definition) is 0. The number of halogens is 2. The molecule has 0 spiro atoms. The number of alkyl halides is 2. The van der Waals surface area contributed by atoms with Crippen LogP contribution in [-0.2, 0) is 0 Å². The number of aryl methyl sites for hydroxylation is 2. The molecule has 0 aliphatic carbocycles. The van der Waals surface area contributed by atoms with Gasteiger partial charge in [-0.25, -0.2) is 8.78 Å². The third kappa shape index (κ3) is 2.84. The number of benzene rings is 1. The van der Waals surface area contributed by atoms with Crippen molar-refractivity contribution in [3.05, 3.63) is 59.0 Å². The summed E-state index contributed by atoms with van der Waals surface area (Å²) in [6.07, 6.45) is -1.42. The molecule has 0 aliphatic rings. The lowest BCUT2D eigenvalue weighted by atomic mass is 10.1. The summed E-state index contributed by atoms with van der Waals surface area (Å²) in [5, 5.41) is 7.13. The quantitative estimate of drug-likeness (QED) is 0.738. The first-order valence-corrected chi connectivity index (χ1v) is 7.36. The van der Waals surface area contributed by atoms with Gasteiger partial charge in [0.15, 0.2) is 5.65 Å². The molecule has 0 aliphatic heterocycles. The average molecular weight is 330 g/mol. The number of amides is 1. The zero-order valence-corrected chi connectivity index (χ0v) is 13.5. The Morgan fingerprint density at radius 3 is 2.42 bits per heavy atom. The van der Waals surface area contributed by atoms with E-state index >= 15 is 0 Å². The van der Waals surface area contributed by atoms with Gasteiger partial charge in [0.2, 0.25) is 5.82 Å². The predicted molar refractivity (Wildman–Crippen MR) is 86.6 cm³/mol. The molecule has 2 aromatic heterocycles. The van der Waals surface area contributed by atoms with Crippen molar-refractivity contribution in [2.45, 2.75) is 20.3 Å².